The number of aliphatic hydroxyl groups excluding tert-OH is 1. The number of piperidine rings is 1. The van der Waals surface area contributed by atoms with Gasteiger partial charge in [0.25, 0.3) is 0 Å². The van der Waals surface area contributed by atoms with E-state index in [-0.39, 0.29) is 6.10 Å². The smallest absolute Gasteiger partial charge is 0.0695 e. The Morgan fingerprint density at radius 1 is 0.778 bits per heavy atom. The Bertz CT molecular complexity index is 259. The molecule has 0 aromatic heterocycles. The molecule has 3 nitrogen and oxygen atoms in total. The lowest BCUT2D eigenvalue weighted by molar-refractivity contribution is 0.00601. The summed E-state index contributed by atoms with van der Waals surface area (Å²) in [5.74, 6) is 0. The molecule has 1 heterocycles. The zero-order chi connectivity index (χ0) is 12.4. The number of nitrogens with one attached hydrogen (secondary N) is 1. The largest absolute Gasteiger partial charge is 0.391 e. The Morgan fingerprint density at radius 3 is 2.06 bits per heavy atom. The van der Waals surface area contributed by atoms with Gasteiger partial charge in [0, 0.05) is 31.2 Å². The average Bonchev–Trinajstić information content (AvgIpc) is 2.35. The molecule has 0 amide bonds. The molecule has 104 valence electrons. The maximum Gasteiger partial charge on any atom is 0.0695 e. The Hall–Kier alpha value is -0.120. The van der Waals surface area contributed by atoms with Crippen molar-refractivity contribution >= 4 is 0 Å². The van der Waals surface area contributed by atoms with Crippen molar-refractivity contribution in [2.45, 2.75) is 82.0 Å². The van der Waals surface area contributed by atoms with Crippen LogP contribution in [0.4, 0.5) is 0 Å². The fourth-order valence-corrected chi connectivity index (χ4v) is 3.82. The van der Waals surface area contributed by atoms with Crippen LogP contribution in [0.3, 0.4) is 0 Å². The molecule has 0 aromatic rings. The minimum absolute atomic E-state index is 0.0603. The van der Waals surface area contributed by atoms with Gasteiger partial charge in [-0.3, -0.25) is 4.90 Å². The summed E-state index contributed by atoms with van der Waals surface area (Å²) in [6, 6.07) is 2.03. The van der Waals surface area contributed by atoms with E-state index in [4.69, 9.17) is 0 Å². The van der Waals surface area contributed by atoms with Crippen LogP contribution in [0.2, 0.25) is 0 Å². The van der Waals surface area contributed by atoms with Gasteiger partial charge in [0.05, 0.1) is 6.10 Å². The van der Waals surface area contributed by atoms with E-state index in [9.17, 15) is 5.11 Å². The predicted octanol–water partition coefficient (Wildman–Crippen LogP) is 1.90. The topological polar surface area (TPSA) is 35.5 Å². The predicted molar refractivity (Wildman–Crippen MR) is 73.6 cm³/mol. The van der Waals surface area contributed by atoms with Crippen LogP contribution in [0, 0.1) is 0 Å². The number of hydrogen-bond acceptors (Lipinski definition) is 3. The van der Waals surface area contributed by atoms with Crippen molar-refractivity contribution < 1.29 is 5.11 Å². The fourth-order valence-electron chi connectivity index (χ4n) is 3.82. The van der Waals surface area contributed by atoms with E-state index < -0.39 is 0 Å². The van der Waals surface area contributed by atoms with Crippen LogP contribution in [0.1, 0.15) is 57.8 Å². The minimum atomic E-state index is -0.0603. The number of likely N-dealkylation sites (tertiary alicyclic amines) is 1. The molecule has 2 N–H and O–H groups in total. The van der Waals surface area contributed by atoms with Gasteiger partial charge in [-0.25, -0.2) is 0 Å². The Kier molecular flexibility index (Phi) is 4.22. The highest BCUT2D eigenvalue weighted by Crippen LogP contribution is 2.27. The molecule has 0 bridgehead atoms. The van der Waals surface area contributed by atoms with Crippen LogP contribution in [-0.4, -0.2) is 47.3 Å². The molecular weight excluding hydrogens is 224 g/mol. The van der Waals surface area contributed by atoms with Crippen LogP contribution in [-0.2, 0) is 0 Å². The standard InChI is InChI=1S/C15H28N2O/c18-15-7-2-1-6-14(15)17-10-8-13(9-11-17)16-12-4-3-5-12/h12-16,18H,1-11H2. The van der Waals surface area contributed by atoms with Gasteiger partial charge in [0.2, 0.25) is 0 Å². The van der Waals surface area contributed by atoms with E-state index in [1.54, 1.807) is 0 Å². The summed E-state index contributed by atoms with van der Waals surface area (Å²) in [4.78, 5) is 2.56. The lowest BCUT2D eigenvalue weighted by atomic mass is 9.88. The Balaban J connectivity index is 1.43. The third kappa shape index (κ3) is 2.89. The maximum absolute atomic E-state index is 10.1. The summed E-state index contributed by atoms with van der Waals surface area (Å²) < 4.78 is 0. The first-order chi connectivity index (χ1) is 8.83. The summed E-state index contributed by atoms with van der Waals surface area (Å²) in [6.45, 7) is 2.37. The summed E-state index contributed by atoms with van der Waals surface area (Å²) in [6.07, 6.45) is 11.5. The molecule has 1 aliphatic heterocycles. The number of nitrogens with zero attached hydrogens (tertiary/aromatic N) is 1. The second-order valence-corrected chi connectivity index (χ2v) is 6.52. The van der Waals surface area contributed by atoms with Crippen LogP contribution >= 0.6 is 0 Å². The highest BCUT2D eigenvalue weighted by molar-refractivity contribution is 4.89. The van der Waals surface area contributed by atoms with Gasteiger partial charge >= 0.3 is 0 Å². The molecule has 2 aliphatic carbocycles. The van der Waals surface area contributed by atoms with Gasteiger partial charge in [-0.05, 0) is 38.5 Å². The summed E-state index contributed by atoms with van der Waals surface area (Å²) in [7, 11) is 0. The van der Waals surface area contributed by atoms with Gasteiger partial charge in [-0.15, -0.1) is 0 Å². The van der Waals surface area contributed by atoms with Gasteiger partial charge in [-0.1, -0.05) is 19.3 Å². The zero-order valence-electron chi connectivity index (χ0n) is 11.5. The van der Waals surface area contributed by atoms with E-state index in [0.717, 1.165) is 18.5 Å². The second-order valence-electron chi connectivity index (χ2n) is 6.52. The van der Waals surface area contributed by atoms with Crippen LogP contribution in [0.5, 0.6) is 0 Å². The molecule has 0 aromatic carbocycles. The molecule has 3 heteroatoms. The molecule has 3 fully saturated rings. The van der Waals surface area contributed by atoms with E-state index in [0.29, 0.717) is 6.04 Å². The number of aliphatic hydroxyl groups is 1. The molecule has 0 radical (unpaired) electrons. The first kappa shape index (κ1) is 12.9. The fraction of sp³-hybridized carbons (Fsp3) is 1.00. The van der Waals surface area contributed by atoms with Gasteiger partial charge in [0.1, 0.15) is 0 Å². The quantitative estimate of drug-likeness (QED) is 0.805. The SMILES string of the molecule is OC1CCCCC1N1CCC(NC2CCC2)CC1. The first-order valence-corrected chi connectivity index (χ1v) is 8.01. The molecule has 3 aliphatic rings. The highest BCUT2D eigenvalue weighted by Gasteiger charge is 2.32. The lowest BCUT2D eigenvalue weighted by Gasteiger charge is -2.43. The van der Waals surface area contributed by atoms with Gasteiger partial charge < -0.3 is 10.4 Å². The Labute approximate surface area is 111 Å². The van der Waals surface area contributed by atoms with Crippen LogP contribution in [0.25, 0.3) is 0 Å². The Morgan fingerprint density at radius 2 is 1.44 bits per heavy atom. The van der Waals surface area contributed by atoms with Gasteiger partial charge in [0.15, 0.2) is 0 Å². The third-order valence-electron chi connectivity index (χ3n) is 5.27. The lowest BCUT2D eigenvalue weighted by Crippen LogP contribution is -2.53. The molecule has 3 rings (SSSR count). The first-order valence-electron chi connectivity index (χ1n) is 8.01. The molecule has 0 spiro atoms. The number of hydrogen-bond donors (Lipinski definition) is 2. The highest BCUT2D eigenvalue weighted by atomic mass is 16.3. The van der Waals surface area contributed by atoms with Crippen molar-refractivity contribution in [3.05, 3.63) is 0 Å². The maximum atomic E-state index is 10.1. The average molecular weight is 252 g/mol. The molecule has 2 unspecified atom stereocenters. The van der Waals surface area contributed by atoms with Crippen LogP contribution in [0.15, 0.2) is 0 Å². The second kappa shape index (κ2) is 5.89. The monoisotopic (exact) mass is 252 g/mol. The van der Waals surface area contributed by atoms with Crippen molar-refractivity contribution in [3.8, 4) is 0 Å². The number of rotatable bonds is 3. The summed E-state index contributed by atoms with van der Waals surface area (Å²) in [5, 5.41) is 13.9. The zero-order valence-corrected chi connectivity index (χ0v) is 11.5. The van der Waals surface area contributed by atoms with E-state index >= 15 is 0 Å². The van der Waals surface area contributed by atoms with Gasteiger partial charge in [-0.2, -0.15) is 0 Å². The minimum Gasteiger partial charge on any atom is -0.391 e. The van der Waals surface area contributed by atoms with Crippen LogP contribution < -0.4 is 5.32 Å². The third-order valence-corrected chi connectivity index (χ3v) is 5.27. The molecule has 18 heavy (non-hydrogen) atoms. The van der Waals surface area contributed by atoms with Crippen molar-refractivity contribution in [2.24, 2.45) is 0 Å². The van der Waals surface area contributed by atoms with E-state index in [1.165, 1.54) is 64.5 Å². The van der Waals surface area contributed by atoms with Crippen molar-refractivity contribution in [3.63, 3.8) is 0 Å². The summed E-state index contributed by atoms with van der Waals surface area (Å²) >= 11 is 0. The van der Waals surface area contributed by atoms with Crippen molar-refractivity contribution in [1.82, 2.24) is 10.2 Å². The molecule has 1 saturated heterocycles. The van der Waals surface area contributed by atoms with E-state index in [2.05, 4.69) is 10.2 Å². The normalized spacial score (nSPS) is 36.5. The molecule has 2 atom stereocenters. The van der Waals surface area contributed by atoms with E-state index in [1.807, 2.05) is 0 Å². The van der Waals surface area contributed by atoms with Crippen molar-refractivity contribution in [2.75, 3.05) is 13.1 Å². The molecular formula is C15H28N2O. The molecule has 2 saturated carbocycles. The summed E-state index contributed by atoms with van der Waals surface area (Å²) in [5.41, 5.74) is 0. The van der Waals surface area contributed by atoms with Crippen molar-refractivity contribution in [1.29, 1.82) is 0 Å².